The number of carbonyl (C=O) groups excluding carboxylic acids is 1. The molecule has 6 nitrogen and oxygen atoms in total. The van der Waals surface area contributed by atoms with Crippen molar-refractivity contribution in [3.8, 4) is 5.75 Å². The van der Waals surface area contributed by atoms with Gasteiger partial charge in [-0.3, -0.25) is 9.78 Å². The van der Waals surface area contributed by atoms with E-state index in [0.29, 0.717) is 19.7 Å². The second kappa shape index (κ2) is 8.69. The number of fused-ring (bicyclic) bond motifs is 1. The number of hydrogen-bond acceptors (Lipinski definition) is 5. The third kappa shape index (κ3) is 4.22. The molecule has 0 bridgehead atoms. The molecule has 3 heterocycles. The van der Waals surface area contributed by atoms with E-state index in [-0.39, 0.29) is 11.8 Å². The van der Waals surface area contributed by atoms with Crippen LogP contribution >= 0.6 is 0 Å². The molecule has 0 aliphatic carbocycles. The van der Waals surface area contributed by atoms with Crippen molar-refractivity contribution in [2.45, 2.75) is 12.8 Å². The molecule has 0 radical (unpaired) electrons. The Hall–Kier alpha value is -3.15. The zero-order valence-corrected chi connectivity index (χ0v) is 15.8. The van der Waals surface area contributed by atoms with Crippen LogP contribution in [-0.4, -0.2) is 42.1 Å². The van der Waals surface area contributed by atoms with Gasteiger partial charge in [0.05, 0.1) is 12.5 Å². The summed E-state index contributed by atoms with van der Waals surface area (Å²) in [5.41, 5.74) is 0.842. The summed E-state index contributed by atoms with van der Waals surface area (Å²) < 4.78 is 5.85. The molecule has 0 saturated carbocycles. The number of benzene rings is 1. The van der Waals surface area contributed by atoms with E-state index in [2.05, 4.69) is 20.2 Å². The van der Waals surface area contributed by atoms with E-state index in [9.17, 15) is 4.79 Å². The number of nitrogens with zero attached hydrogens (tertiary/aromatic N) is 3. The number of carbonyl (C=O) groups is 1. The number of piperidine rings is 1. The van der Waals surface area contributed by atoms with Gasteiger partial charge in [-0.05, 0) is 37.1 Å². The minimum atomic E-state index is -0.0185. The summed E-state index contributed by atoms with van der Waals surface area (Å²) in [5, 5.41) is 4.05. The molecule has 1 aliphatic heterocycles. The zero-order valence-electron chi connectivity index (χ0n) is 15.8. The highest BCUT2D eigenvalue weighted by Gasteiger charge is 2.26. The summed E-state index contributed by atoms with van der Waals surface area (Å²) in [7, 11) is 0. The van der Waals surface area contributed by atoms with E-state index in [0.717, 1.165) is 41.9 Å². The molecule has 4 rings (SSSR count). The first-order valence-electron chi connectivity index (χ1n) is 9.71. The Morgan fingerprint density at radius 1 is 1.11 bits per heavy atom. The standard InChI is InChI=1S/C22H24N4O2/c27-22(18-8-5-14-26(16-18)20-10-1-2-11-23-20)25-13-15-28-19-9-3-6-17-7-4-12-24-21(17)19/h1-4,6-7,9-12,18H,5,8,13-16H2,(H,25,27). The van der Waals surface area contributed by atoms with Crippen molar-refractivity contribution in [3.05, 3.63) is 60.9 Å². The van der Waals surface area contributed by atoms with Gasteiger partial charge in [0, 0.05) is 30.9 Å². The molecular weight excluding hydrogens is 352 g/mol. The molecule has 3 aromatic rings. The van der Waals surface area contributed by atoms with Gasteiger partial charge in [0.1, 0.15) is 23.7 Å². The Morgan fingerprint density at radius 3 is 2.89 bits per heavy atom. The highest BCUT2D eigenvalue weighted by Crippen LogP contribution is 2.23. The highest BCUT2D eigenvalue weighted by atomic mass is 16.5. The van der Waals surface area contributed by atoms with E-state index in [1.807, 2.05) is 48.5 Å². The van der Waals surface area contributed by atoms with Gasteiger partial charge in [0.15, 0.2) is 0 Å². The first kappa shape index (κ1) is 18.2. The van der Waals surface area contributed by atoms with Gasteiger partial charge < -0.3 is 15.0 Å². The predicted octanol–water partition coefficient (Wildman–Crippen LogP) is 3.04. The SMILES string of the molecule is O=C(NCCOc1cccc2cccnc12)C1CCCN(c2ccccn2)C1. The van der Waals surface area contributed by atoms with E-state index in [1.165, 1.54) is 0 Å². The summed E-state index contributed by atoms with van der Waals surface area (Å²) in [6, 6.07) is 15.7. The number of ether oxygens (including phenoxy) is 1. The van der Waals surface area contributed by atoms with Crippen LogP contribution in [0.5, 0.6) is 5.75 Å². The van der Waals surface area contributed by atoms with Crippen molar-refractivity contribution in [1.82, 2.24) is 15.3 Å². The molecule has 1 unspecified atom stereocenters. The van der Waals surface area contributed by atoms with Gasteiger partial charge in [0.2, 0.25) is 5.91 Å². The number of aromatic nitrogens is 2. The fourth-order valence-electron chi connectivity index (χ4n) is 3.61. The van der Waals surface area contributed by atoms with E-state index in [4.69, 9.17) is 4.74 Å². The van der Waals surface area contributed by atoms with Crippen LogP contribution in [0.25, 0.3) is 10.9 Å². The Balaban J connectivity index is 1.27. The number of anilines is 1. The van der Waals surface area contributed by atoms with Crippen LogP contribution in [0.4, 0.5) is 5.82 Å². The fourth-order valence-corrected chi connectivity index (χ4v) is 3.61. The van der Waals surface area contributed by atoms with Gasteiger partial charge in [-0.2, -0.15) is 0 Å². The number of nitrogens with one attached hydrogen (secondary N) is 1. The van der Waals surface area contributed by atoms with Crippen molar-refractivity contribution >= 4 is 22.6 Å². The predicted molar refractivity (Wildman–Crippen MR) is 109 cm³/mol. The molecule has 2 aromatic heterocycles. The van der Waals surface area contributed by atoms with E-state index >= 15 is 0 Å². The maximum Gasteiger partial charge on any atom is 0.225 e. The topological polar surface area (TPSA) is 67.3 Å². The average molecular weight is 376 g/mol. The lowest BCUT2D eigenvalue weighted by Gasteiger charge is -2.32. The molecule has 1 N–H and O–H groups in total. The van der Waals surface area contributed by atoms with Gasteiger partial charge in [0.25, 0.3) is 0 Å². The number of para-hydroxylation sites is 1. The minimum absolute atomic E-state index is 0.0185. The first-order chi connectivity index (χ1) is 13.8. The number of pyridine rings is 2. The number of rotatable bonds is 6. The lowest BCUT2D eigenvalue weighted by atomic mass is 9.97. The Kier molecular flexibility index (Phi) is 5.66. The molecule has 0 spiro atoms. The summed E-state index contributed by atoms with van der Waals surface area (Å²) >= 11 is 0. The molecule has 1 aromatic carbocycles. The van der Waals surface area contributed by atoms with Gasteiger partial charge in [-0.1, -0.05) is 24.3 Å². The van der Waals surface area contributed by atoms with Gasteiger partial charge >= 0.3 is 0 Å². The molecule has 28 heavy (non-hydrogen) atoms. The molecule has 1 aliphatic rings. The van der Waals surface area contributed by atoms with Crippen LogP contribution in [-0.2, 0) is 4.79 Å². The maximum absolute atomic E-state index is 12.6. The second-order valence-electron chi connectivity index (χ2n) is 6.94. The van der Waals surface area contributed by atoms with Crippen molar-refractivity contribution in [3.63, 3.8) is 0 Å². The minimum Gasteiger partial charge on any atom is -0.489 e. The lowest BCUT2D eigenvalue weighted by molar-refractivity contribution is -0.125. The average Bonchev–Trinajstić information content (AvgIpc) is 2.77. The summed E-state index contributed by atoms with van der Waals surface area (Å²) in [5.74, 6) is 1.74. The van der Waals surface area contributed by atoms with Crippen LogP contribution in [0, 0.1) is 5.92 Å². The molecule has 1 atom stereocenters. The largest absolute Gasteiger partial charge is 0.489 e. The second-order valence-corrected chi connectivity index (χ2v) is 6.94. The molecule has 144 valence electrons. The third-order valence-electron chi connectivity index (χ3n) is 5.02. The zero-order chi connectivity index (χ0) is 19.2. The molecule has 1 amide bonds. The Labute approximate surface area is 164 Å². The van der Waals surface area contributed by atoms with Crippen LogP contribution in [0.2, 0.25) is 0 Å². The number of hydrogen-bond donors (Lipinski definition) is 1. The summed E-state index contributed by atoms with van der Waals surface area (Å²) in [6.07, 6.45) is 5.45. The van der Waals surface area contributed by atoms with Gasteiger partial charge in [-0.15, -0.1) is 0 Å². The van der Waals surface area contributed by atoms with Crippen LogP contribution in [0.1, 0.15) is 12.8 Å². The van der Waals surface area contributed by atoms with Crippen LogP contribution in [0.3, 0.4) is 0 Å². The molecule has 6 heteroatoms. The van der Waals surface area contributed by atoms with Crippen molar-refractivity contribution < 1.29 is 9.53 Å². The number of amides is 1. The van der Waals surface area contributed by atoms with E-state index in [1.54, 1.807) is 12.4 Å². The normalized spacial score (nSPS) is 16.7. The van der Waals surface area contributed by atoms with Crippen molar-refractivity contribution in [2.24, 2.45) is 5.92 Å². The van der Waals surface area contributed by atoms with E-state index < -0.39 is 0 Å². The first-order valence-corrected chi connectivity index (χ1v) is 9.71. The Bertz CT molecular complexity index is 927. The van der Waals surface area contributed by atoms with Crippen molar-refractivity contribution in [2.75, 3.05) is 31.1 Å². The third-order valence-corrected chi connectivity index (χ3v) is 5.02. The maximum atomic E-state index is 12.6. The summed E-state index contributed by atoms with van der Waals surface area (Å²) in [4.78, 5) is 23.5. The molecular formula is C22H24N4O2. The van der Waals surface area contributed by atoms with Gasteiger partial charge in [-0.25, -0.2) is 4.98 Å². The molecule has 1 fully saturated rings. The Morgan fingerprint density at radius 2 is 2.00 bits per heavy atom. The summed E-state index contributed by atoms with van der Waals surface area (Å²) in [6.45, 7) is 2.54. The lowest BCUT2D eigenvalue weighted by Crippen LogP contribution is -2.44. The fraction of sp³-hybridized carbons (Fsp3) is 0.318. The molecule has 1 saturated heterocycles. The monoisotopic (exact) mass is 376 g/mol. The smallest absolute Gasteiger partial charge is 0.225 e. The van der Waals surface area contributed by atoms with Crippen LogP contribution in [0.15, 0.2) is 60.9 Å². The van der Waals surface area contributed by atoms with Crippen molar-refractivity contribution in [1.29, 1.82) is 0 Å². The highest BCUT2D eigenvalue weighted by molar-refractivity contribution is 5.84. The quantitative estimate of drug-likeness (QED) is 0.670. The van der Waals surface area contributed by atoms with Crippen LogP contribution < -0.4 is 15.0 Å².